The van der Waals surface area contributed by atoms with Crippen molar-refractivity contribution < 1.29 is 0 Å². The fraction of sp³-hybridized carbons (Fsp3) is 0. The molecule has 0 aromatic heterocycles. The van der Waals surface area contributed by atoms with Crippen LogP contribution in [0.3, 0.4) is 0 Å². The standard InChI is InChI=1S/C7H5P/c8-6-7-4-2-1-3-5-7/h1-5H. The van der Waals surface area contributed by atoms with Crippen molar-refractivity contribution in [1.29, 1.82) is 0 Å². The molecule has 0 fully saturated rings. The Kier molecular flexibility index (Phi) is 1.86. The van der Waals surface area contributed by atoms with E-state index in [4.69, 9.17) is 0 Å². The van der Waals surface area contributed by atoms with Gasteiger partial charge in [0.1, 0.15) is 0 Å². The molecular formula is C7H5P. The summed E-state index contributed by atoms with van der Waals surface area (Å²) in [5.41, 5.74) is 3.75. The van der Waals surface area contributed by atoms with E-state index < -0.39 is 0 Å². The Morgan fingerprint density at radius 1 is 1.12 bits per heavy atom. The Morgan fingerprint density at radius 3 is 2.12 bits per heavy atom. The molecule has 1 aromatic rings. The molecule has 0 spiro atoms. The van der Waals surface area contributed by atoms with Crippen LogP contribution < -0.4 is 0 Å². The summed E-state index contributed by atoms with van der Waals surface area (Å²) in [6.45, 7) is 0. The van der Waals surface area contributed by atoms with Crippen LogP contribution in [0.4, 0.5) is 0 Å². The predicted octanol–water partition coefficient (Wildman–Crippen LogP) is 2.40. The molecule has 0 aliphatic heterocycles. The van der Waals surface area contributed by atoms with Crippen LogP contribution in [0, 0.1) is 5.63 Å². The average molecular weight is 120 g/mol. The van der Waals surface area contributed by atoms with Gasteiger partial charge in [0.05, 0.1) is 0 Å². The van der Waals surface area contributed by atoms with Gasteiger partial charge in [0, 0.05) is 0 Å². The van der Waals surface area contributed by atoms with Gasteiger partial charge in [0.25, 0.3) is 0 Å². The number of benzene rings is 1. The third-order valence-corrected chi connectivity index (χ3v) is 1.16. The second kappa shape index (κ2) is 2.67. The second-order valence-electron chi connectivity index (χ2n) is 1.48. The molecule has 1 rings (SSSR count). The molecule has 0 N–H and O–H groups in total. The van der Waals surface area contributed by atoms with E-state index in [0.29, 0.717) is 0 Å². The summed E-state index contributed by atoms with van der Waals surface area (Å²) in [5.74, 6) is 0. The van der Waals surface area contributed by atoms with E-state index >= 15 is 0 Å². The van der Waals surface area contributed by atoms with Crippen LogP contribution in [0.2, 0.25) is 0 Å². The van der Waals surface area contributed by atoms with Crippen LogP contribution in [0.25, 0.3) is 0 Å². The molecular weight excluding hydrogens is 115 g/mol. The summed E-state index contributed by atoms with van der Waals surface area (Å²) in [6.07, 6.45) is 0. The quantitative estimate of drug-likeness (QED) is 0.461. The van der Waals surface area contributed by atoms with Gasteiger partial charge in [-0.3, -0.25) is 0 Å². The van der Waals surface area contributed by atoms with Crippen molar-refractivity contribution in [2.75, 3.05) is 0 Å². The Hall–Kier alpha value is -0.570. The van der Waals surface area contributed by atoms with Crippen molar-refractivity contribution in [3.63, 3.8) is 0 Å². The Balaban J connectivity index is 3.05. The Labute approximate surface area is 51.0 Å². The van der Waals surface area contributed by atoms with Gasteiger partial charge in [0.2, 0.25) is 0 Å². The van der Waals surface area contributed by atoms with E-state index in [1.165, 1.54) is 0 Å². The molecule has 0 unspecified atom stereocenters. The normalized spacial score (nSPS) is 7.88. The van der Waals surface area contributed by atoms with E-state index in [-0.39, 0.29) is 0 Å². The fourth-order valence-electron chi connectivity index (χ4n) is 0.513. The summed E-state index contributed by atoms with van der Waals surface area (Å²) in [6, 6.07) is 9.78. The van der Waals surface area contributed by atoms with Gasteiger partial charge < -0.3 is 0 Å². The maximum atomic E-state index is 3.86. The minimum absolute atomic E-state index is 1.02. The van der Waals surface area contributed by atoms with E-state index in [2.05, 4.69) is 14.3 Å². The van der Waals surface area contributed by atoms with E-state index in [9.17, 15) is 0 Å². The summed E-state index contributed by atoms with van der Waals surface area (Å²) in [4.78, 5) is 0. The van der Waals surface area contributed by atoms with Gasteiger partial charge in [-0.2, -0.15) is 0 Å². The monoisotopic (exact) mass is 120 g/mol. The average Bonchev–Trinajstić information content (AvgIpc) is 1.90. The van der Waals surface area contributed by atoms with Crippen LogP contribution in [-0.4, -0.2) is 0 Å². The van der Waals surface area contributed by atoms with Gasteiger partial charge in [-0.15, -0.1) is 0 Å². The van der Waals surface area contributed by atoms with Gasteiger partial charge in [-0.05, 0) is 0 Å². The van der Waals surface area contributed by atoms with Crippen LogP contribution in [0.5, 0.6) is 0 Å². The SMILES string of the molecule is P#Cc1ccccc1. The Morgan fingerprint density at radius 2 is 1.75 bits per heavy atom. The first-order valence-electron chi connectivity index (χ1n) is 2.38. The molecule has 0 aliphatic carbocycles. The summed E-state index contributed by atoms with van der Waals surface area (Å²) < 4.78 is 0. The van der Waals surface area contributed by atoms with Crippen molar-refractivity contribution in [3.8, 4) is 5.63 Å². The van der Waals surface area contributed by atoms with Crippen LogP contribution in [-0.2, 0) is 0 Å². The summed E-state index contributed by atoms with van der Waals surface area (Å²) >= 11 is 0. The molecule has 0 saturated heterocycles. The van der Waals surface area contributed by atoms with Crippen molar-refractivity contribution in [3.05, 3.63) is 35.9 Å². The zero-order valence-corrected chi connectivity index (χ0v) is 5.23. The third kappa shape index (κ3) is 1.20. The predicted molar refractivity (Wildman–Crippen MR) is 36.4 cm³/mol. The molecule has 0 atom stereocenters. The number of hydrogen-bond acceptors (Lipinski definition) is 0. The second-order valence-corrected chi connectivity index (χ2v) is 1.70. The topological polar surface area (TPSA) is 0 Å². The molecule has 0 amide bonds. The van der Waals surface area contributed by atoms with Gasteiger partial charge in [-0.25, -0.2) is 0 Å². The maximum absolute atomic E-state index is 3.86. The van der Waals surface area contributed by atoms with E-state index in [0.717, 1.165) is 5.56 Å². The first kappa shape index (κ1) is 5.56. The van der Waals surface area contributed by atoms with Crippen LogP contribution in [0.1, 0.15) is 5.56 Å². The van der Waals surface area contributed by atoms with Crippen LogP contribution >= 0.6 is 8.70 Å². The molecule has 38 valence electrons. The molecule has 0 bridgehead atoms. The van der Waals surface area contributed by atoms with Gasteiger partial charge >= 0.3 is 50.2 Å². The van der Waals surface area contributed by atoms with Crippen molar-refractivity contribution >= 4 is 8.70 Å². The van der Waals surface area contributed by atoms with Crippen molar-refractivity contribution in [1.82, 2.24) is 0 Å². The molecule has 0 nitrogen and oxygen atoms in total. The van der Waals surface area contributed by atoms with E-state index in [1.54, 1.807) is 0 Å². The summed E-state index contributed by atoms with van der Waals surface area (Å²) in [7, 11) is 3.86. The first-order chi connectivity index (χ1) is 3.93. The van der Waals surface area contributed by atoms with Crippen molar-refractivity contribution in [2.24, 2.45) is 0 Å². The van der Waals surface area contributed by atoms with E-state index in [1.807, 2.05) is 30.3 Å². The van der Waals surface area contributed by atoms with Crippen molar-refractivity contribution in [2.45, 2.75) is 0 Å². The first-order valence-corrected chi connectivity index (χ1v) is 2.83. The zero-order valence-electron chi connectivity index (χ0n) is 4.33. The van der Waals surface area contributed by atoms with Crippen LogP contribution in [0.15, 0.2) is 30.3 Å². The molecule has 0 saturated carbocycles. The number of hydrogen-bond donors (Lipinski definition) is 0. The molecule has 8 heavy (non-hydrogen) atoms. The molecule has 1 heteroatoms. The third-order valence-electron chi connectivity index (χ3n) is 0.903. The Bertz CT molecular complexity index is 195. The number of rotatable bonds is 0. The minimum atomic E-state index is 1.02. The molecule has 0 aliphatic rings. The fourth-order valence-corrected chi connectivity index (χ4v) is 0.662. The molecule has 0 heterocycles. The zero-order chi connectivity index (χ0) is 5.82. The van der Waals surface area contributed by atoms with Gasteiger partial charge in [-0.1, -0.05) is 0 Å². The summed E-state index contributed by atoms with van der Waals surface area (Å²) in [5, 5.41) is 0. The molecule has 1 aromatic carbocycles. The van der Waals surface area contributed by atoms with Gasteiger partial charge in [0.15, 0.2) is 0 Å². The molecule has 0 radical (unpaired) electrons.